The van der Waals surface area contributed by atoms with Gasteiger partial charge in [-0.15, -0.1) is 0 Å². The van der Waals surface area contributed by atoms with Crippen molar-refractivity contribution >= 4 is 0 Å². The second-order valence-electron chi connectivity index (χ2n) is 14.0. The van der Waals surface area contributed by atoms with Crippen LogP contribution in [0.25, 0.3) is 0 Å². The predicted molar refractivity (Wildman–Crippen MR) is 102 cm³/mol. The third-order valence-corrected chi connectivity index (χ3v) is 15.4. The molecule has 0 radical (unpaired) electrons. The second-order valence-corrected chi connectivity index (χ2v) is 14.0. The van der Waals surface area contributed by atoms with Crippen LogP contribution in [-0.4, -0.2) is 11.1 Å². The smallest absolute Gasteiger partial charge is 0.0319 e. The maximum absolute atomic E-state index is 7.80. The first-order valence-corrected chi connectivity index (χ1v) is 12.5. The summed E-state index contributed by atoms with van der Waals surface area (Å²) in [4.78, 5) is 0. The van der Waals surface area contributed by atoms with Gasteiger partial charge < -0.3 is 11.5 Å². The summed E-state index contributed by atoms with van der Waals surface area (Å²) in [5.74, 6) is 9.02. The van der Waals surface area contributed by atoms with E-state index in [2.05, 4.69) is 6.92 Å². The van der Waals surface area contributed by atoms with Crippen LogP contribution in [0, 0.1) is 74.9 Å². The third kappa shape index (κ3) is 0.747. The number of nitrogens with two attached hydrogens (primary N) is 2. The molecule has 14 aliphatic carbocycles. The minimum Gasteiger partial charge on any atom is -0.325 e. The molecule has 14 rings (SSSR count). The van der Waals surface area contributed by atoms with Crippen LogP contribution in [-0.2, 0) is 0 Å². The zero-order valence-corrected chi connectivity index (χ0v) is 16.7. The van der Waals surface area contributed by atoms with E-state index in [9.17, 15) is 0 Å². The number of hydrogen-bond acceptors (Lipinski definition) is 2. The highest BCUT2D eigenvalue weighted by molar-refractivity contribution is 5.59. The average molecular weight is 363 g/mol. The van der Waals surface area contributed by atoms with Gasteiger partial charge in [-0.3, -0.25) is 0 Å². The van der Waals surface area contributed by atoms with E-state index in [1.165, 1.54) is 32.1 Å². The first-order valence-electron chi connectivity index (χ1n) is 12.5. The minimum absolute atomic E-state index is 0.162. The zero-order valence-electron chi connectivity index (χ0n) is 16.7. The molecule has 0 heterocycles. The summed E-state index contributed by atoms with van der Waals surface area (Å²) in [5, 5.41) is 0. The van der Waals surface area contributed by atoms with Crippen LogP contribution in [0.1, 0.15) is 64.7 Å². The SMILES string of the molecule is CC12C3CCCC1C1(C45C6C7C8CCC6C86C4CC7C65N)CC3CC2(N)C1. The Kier molecular flexibility index (Phi) is 1.62. The Balaban J connectivity index is 1.29. The maximum Gasteiger partial charge on any atom is 0.0319 e. The number of rotatable bonds is 1. The monoisotopic (exact) mass is 362 g/mol. The van der Waals surface area contributed by atoms with Crippen LogP contribution in [0.2, 0.25) is 0 Å². The quantitative estimate of drug-likeness (QED) is 0.750. The van der Waals surface area contributed by atoms with Crippen molar-refractivity contribution in [1.29, 1.82) is 0 Å². The van der Waals surface area contributed by atoms with Crippen LogP contribution in [0.5, 0.6) is 0 Å². The van der Waals surface area contributed by atoms with E-state index in [0.717, 1.165) is 53.3 Å². The van der Waals surface area contributed by atoms with E-state index in [1.807, 2.05) is 0 Å². The molecular formula is C25H34N2. The molecule has 1 spiro atoms. The standard InChI is InChI=1S/C25H34N2/c1-20-12-3-2-4-16(20)21(8-11(12)9-22(20,26)10-21)24-17-7-15-18-13-5-6-14(19(18)24)23(13,17)25(15,24)27/h11-19H,2-10,26-27H2,1H3. The van der Waals surface area contributed by atoms with Gasteiger partial charge in [-0.1, -0.05) is 13.3 Å². The van der Waals surface area contributed by atoms with Gasteiger partial charge >= 0.3 is 0 Å². The fraction of sp³-hybridized carbons (Fsp3) is 1.00. The molecule has 0 aromatic rings. The first kappa shape index (κ1) is 14.0. The molecule has 15 atom stereocenters. The molecule has 0 aromatic heterocycles. The fourth-order valence-electron chi connectivity index (χ4n) is 16.6. The third-order valence-electron chi connectivity index (χ3n) is 15.4. The molecule has 2 nitrogen and oxygen atoms in total. The summed E-state index contributed by atoms with van der Waals surface area (Å²) in [6.07, 6.45) is 13.4. The molecule has 0 amide bonds. The van der Waals surface area contributed by atoms with Gasteiger partial charge in [0.15, 0.2) is 0 Å². The van der Waals surface area contributed by atoms with Crippen molar-refractivity contribution in [3.63, 3.8) is 0 Å². The van der Waals surface area contributed by atoms with Crippen LogP contribution < -0.4 is 11.5 Å². The number of hydrogen-bond donors (Lipinski definition) is 2. The van der Waals surface area contributed by atoms with E-state index in [-0.39, 0.29) is 11.1 Å². The van der Waals surface area contributed by atoms with Crippen LogP contribution >= 0.6 is 0 Å². The van der Waals surface area contributed by atoms with E-state index in [4.69, 9.17) is 11.5 Å². The normalized spacial score (nSPS) is 87.0. The summed E-state index contributed by atoms with van der Waals surface area (Å²) < 4.78 is 0. The summed E-state index contributed by atoms with van der Waals surface area (Å²) in [6.45, 7) is 2.69. The molecule has 15 unspecified atom stereocenters. The van der Waals surface area contributed by atoms with Crippen molar-refractivity contribution in [1.82, 2.24) is 0 Å². The predicted octanol–water partition coefficient (Wildman–Crippen LogP) is 3.54. The average Bonchev–Trinajstić information content (AvgIpc) is 3.46. The second kappa shape index (κ2) is 3.11. The summed E-state index contributed by atoms with van der Waals surface area (Å²) in [6, 6.07) is 0. The van der Waals surface area contributed by atoms with E-state index in [0.29, 0.717) is 21.7 Å². The molecule has 14 aliphatic rings. The Labute approximate surface area is 162 Å². The molecule has 0 aromatic carbocycles. The summed E-state index contributed by atoms with van der Waals surface area (Å²) in [5.41, 5.74) is 17.9. The van der Waals surface area contributed by atoms with Gasteiger partial charge in [-0.25, -0.2) is 0 Å². The van der Waals surface area contributed by atoms with E-state index >= 15 is 0 Å². The molecule has 2 heteroatoms. The molecule has 0 saturated heterocycles. The van der Waals surface area contributed by atoms with Crippen LogP contribution in [0.4, 0.5) is 0 Å². The Morgan fingerprint density at radius 2 is 1.70 bits per heavy atom. The van der Waals surface area contributed by atoms with Gasteiger partial charge in [0.1, 0.15) is 0 Å². The molecule has 4 N–H and O–H groups in total. The first-order chi connectivity index (χ1) is 12.9. The van der Waals surface area contributed by atoms with Crippen molar-refractivity contribution in [3.05, 3.63) is 0 Å². The van der Waals surface area contributed by atoms with Gasteiger partial charge in [0.2, 0.25) is 0 Å². The molecular weight excluding hydrogens is 328 g/mol. The highest BCUT2D eigenvalue weighted by Gasteiger charge is 3.09. The minimum atomic E-state index is 0.162. The largest absolute Gasteiger partial charge is 0.325 e. The van der Waals surface area contributed by atoms with Gasteiger partial charge in [-0.05, 0) is 121 Å². The maximum atomic E-state index is 7.80. The van der Waals surface area contributed by atoms with Crippen LogP contribution in [0.15, 0.2) is 0 Å². The molecule has 14 saturated carbocycles. The lowest BCUT2D eigenvalue weighted by Gasteiger charge is -2.75. The van der Waals surface area contributed by atoms with Crippen molar-refractivity contribution < 1.29 is 0 Å². The van der Waals surface area contributed by atoms with Gasteiger partial charge in [-0.2, -0.15) is 0 Å². The summed E-state index contributed by atoms with van der Waals surface area (Å²) in [7, 11) is 0. The lowest BCUT2D eigenvalue weighted by molar-refractivity contribution is -0.264. The van der Waals surface area contributed by atoms with Crippen molar-refractivity contribution in [2.24, 2.45) is 86.4 Å². The fourth-order valence-corrected chi connectivity index (χ4v) is 16.6. The Bertz CT molecular complexity index is 897. The van der Waals surface area contributed by atoms with Crippen LogP contribution in [0.3, 0.4) is 0 Å². The molecule has 27 heavy (non-hydrogen) atoms. The summed E-state index contributed by atoms with van der Waals surface area (Å²) >= 11 is 0. The Morgan fingerprint density at radius 3 is 2.52 bits per heavy atom. The van der Waals surface area contributed by atoms with E-state index < -0.39 is 0 Å². The van der Waals surface area contributed by atoms with Gasteiger partial charge in [0.25, 0.3) is 0 Å². The van der Waals surface area contributed by atoms with E-state index in [1.54, 1.807) is 25.7 Å². The zero-order chi connectivity index (χ0) is 17.6. The Morgan fingerprint density at radius 1 is 0.852 bits per heavy atom. The van der Waals surface area contributed by atoms with Gasteiger partial charge in [0, 0.05) is 16.5 Å². The lowest BCUT2D eigenvalue weighted by Crippen LogP contribution is -2.79. The molecule has 0 aliphatic heterocycles. The molecule has 14 fully saturated rings. The highest BCUT2D eigenvalue weighted by Crippen LogP contribution is 3.09. The molecule has 144 valence electrons. The van der Waals surface area contributed by atoms with Crippen molar-refractivity contribution in [2.75, 3.05) is 0 Å². The van der Waals surface area contributed by atoms with Gasteiger partial charge in [0.05, 0.1) is 0 Å². The topological polar surface area (TPSA) is 52.0 Å². The van der Waals surface area contributed by atoms with Crippen molar-refractivity contribution in [2.45, 2.75) is 75.8 Å². The van der Waals surface area contributed by atoms with Crippen molar-refractivity contribution in [3.8, 4) is 0 Å². The molecule has 15 bridgehead atoms. The Hall–Kier alpha value is -0.0800. The highest BCUT2D eigenvalue weighted by atomic mass is 15.2. The lowest BCUT2D eigenvalue weighted by atomic mass is 9.30.